The first-order chi connectivity index (χ1) is 10.1. The van der Waals surface area contributed by atoms with E-state index in [1.165, 1.54) is 12.3 Å². The van der Waals surface area contributed by atoms with Gasteiger partial charge in [-0.15, -0.1) is 0 Å². The molecule has 0 saturated carbocycles. The van der Waals surface area contributed by atoms with Crippen LogP contribution in [0.5, 0.6) is 0 Å². The highest BCUT2D eigenvalue weighted by Crippen LogP contribution is 2.22. The first-order valence-electron chi connectivity index (χ1n) is 6.47. The first-order valence-corrected chi connectivity index (χ1v) is 7.26. The van der Waals surface area contributed by atoms with Gasteiger partial charge in [-0.05, 0) is 35.9 Å². The fourth-order valence-electron chi connectivity index (χ4n) is 2.14. The molecule has 0 fully saturated rings. The molecule has 106 valence electrons. The van der Waals surface area contributed by atoms with Gasteiger partial charge < -0.3 is 5.11 Å². The van der Waals surface area contributed by atoms with E-state index in [4.69, 9.17) is 0 Å². The first kappa shape index (κ1) is 14.1. The van der Waals surface area contributed by atoms with Gasteiger partial charge in [-0.25, -0.2) is 9.37 Å². The van der Waals surface area contributed by atoms with Gasteiger partial charge in [0.25, 0.3) is 0 Å². The lowest BCUT2D eigenvalue weighted by atomic mass is 10.1. The van der Waals surface area contributed by atoms with Crippen molar-refractivity contribution in [3.05, 3.63) is 70.2 Å². The van der Waals surface area contributed by atoms with E-state index in [0.717, 1.165) is 9.99 Å². The molecule has 21 heavy (non-hydrogen) atoms. The predicted octanol–water partition coefficient (Wildman–Crippen LogP) is 3.81. The van der Waals surface area contributed by atoms with Crippen LogP contribution in [0.1, 0.15) is 17.4 Å². The summed E-state index contributed by atoms with van der Waals surface area (Å²) in [6.45, 7) is 0. The number of aromatic nitrogens is 2. The van der Waals surface area contributed by atoms with Gasteiger partial charge in [-0.1, -0.05) is 28.1 Å². The third-order valence-electron chi connectivity index (χ3n) is 3.23. The van der Waals surface area contributed by atoms with Crippen molar-refractivity contribution in [3.8, 4) is 0 Å². The molecule has 0 amide bonds. The molecule has 1 atom stereocenters. The van der Waals surface area contributed by atoms with Gasteiger partial charge in [-0.2, -0.15) is 0 Å². The van der Waals surface area contributed by atoms with E-state index in [2.05, 4.69) is 25.9 Å². The Balaban J connectivity index is 1.89. The van der Waals surface area contributed by atoms with E-state index >= 15 is 0 Å². The molecule has 0 aliphatic carbocycles. The van der Waals surface area contributed by atoms with Gasteiger partial charge in [0, 0.05) is 10.9 Å². The summed E-state index contributed by atoms with van der Waals surface area (Å²) in [5, 5.41) is 10.3. The van der Waals surface area contributed by atoms with Crippen molar-refractivity contribution in [1.82, 2.24) is 9.97 Å². The van der Waals surface area contributed by atoms with Gasteiger partial charge in [0.1, 0.15) is 11.9 Å². The number of benzene rings is 2. The minimum Gasteiger partial charge on any atom is -0.386 e. The Labute approximate surface area is 129 Å². The molecule has 0 aliphatic rings. The van der Waals surface area contributed by atoms with Crippen molar-refractivity contribution >= 4 is 27.0 Å². The number of aliphatic hydroxyl groups excluding tert-OH is 1. The lowest BCUT2D eigenvalue weighted by Gasteiger charge is -2.11. The van der Waals surface area contributed by atoms with Crippen LogP contribution in [-0.4, -0.2) is 15.1 Å². The standard InChI is InChI=1S/C16H12BrFN2O/c17-11-5-6-12(18)10(7-11)8-16(21)15-9-19-13-3-1-2-4-14(13)20-15/h1-7,9,16,21H,8H2. The summed E-state index contributed by atoms with van der Waals surface area (Å²) in [7, 11) is 0. The summed E-state index contributed by atoms with van der Waals surface area (Å²) < 4.78 is 14.5. The molecule has 0 saturated heterocycles. The zero-order chi connectivity index (χ0) is 14.8. The van der Waals surface area contributed by atoms with Crippen LogP contribution in [0.4, 0.5) is 4.39 Å². The van der Waals surface area contributed by atoms with Crippen LogP contribution >= 0.6 is 15.9 Å². The number of fused-ring (bicyclic) bond motifs is 1. The second kappa shape index (κ2) is 5.87. The Morgan fingerprint density at radius 3 is 2.71 bits per heavy atom. The Morgan fingerprint density at radius 2 is 1.90 bits per heavy atom. The molecule has 1 heterocycles. The van der Waals surface area contributed by atoms with E-state index in [1.54, 1.807) is 12.1 Å². The number of rotatable bonds is 3. The zero-order valence-corrected chi connectivity index (χ0v) is 12.6. The summed E-state index contributed by atoms with van der Waals surface area (Å²) in [6, 6.07) is 12.1. The van der Waals surface area contributed by atoms with Gasteiger partial charge in [-0.3, -0.25) is 4.98 Å². The Kier molecular flexibility index (Phi) is 3.94. The Morgan fingerprint density at radius 1 is 1.14 bits per heavy atom. The largest absolute Gasteiger partial charge is 0.386 e. The molecule has 0 radical (unpaired) electrons. The number of aliphatic hydroxyl groups is 1. The van der Waals surface area contributed by atoms with E-state index < -0.39 is 6.10 Å². The number of para-hydroxylation sites is 2. The van der Waals surface area contributed by atoms with Crippen LogP contribution in [0.2, 0.25) is 0 Å². The molecule has 1 unspecified atom stereocenters. The van der Waals surface area contributed by atoms with Crippen molar-refractivity contribution in [2.75, 3.05) is 0 Å². The molecule has 3 nitrogen and oxygen atoms in total. The van der Waals surface area contributed by atoms with Gasteiger partial charge >= 0.3 is 0 Å². The van der Waals surface area contributed by atoms with Crippen LogP contribution in [0.3, 0.4) is 0 Å². The second-order valence-corrected chi connectivity index (χ2v) is 5.65. The Bertz CT molecular complexity index is 794. The molecular formula is C16H12BrFN2O. The van der Waals surface area contributed by atoms with E-state index in [-0.39, 0.29) is 12.2 Å². The lowest BCUT2D eigenvalue weighted by molar-refractivity contribution is 0.172. The fraction of sp³-hybridized carbons (Fsp3) is 0.125. The lowest BCUT2D eigenvalue weighted by Crippen LogP contribution is -2.06. The summed E-state index contributed by atoms with van der Waals surface area (Å²) in [6.07, 6.45) is 0.784. The normalized spacial score (nSPS) is 12.5. The molecule has 3 rings (SSSR count). The van der Waals surface area contributed by atoms with Crippen molar-refractivity contribution in [2.24, 2.45) is 0 Å². The molecule has 1 aromatic heterocycles. The summed E-state index contributed by atoms with van der Waals surface area (Å²) in [4.78, 5) is 8.64. The molecule has 2 aromatic carbocycles. The highest BCUT2D eigenvalue weighted by atomic mass is 79.9. The van der Waals surface area contributed by atoms with Crippen molar-refractivity contribution in [2.45, 2.75) is 12.5 Å². The third-order valence-corrected chi connectivity index (χ3v) is 3.72. The van der Waals surface area contributed by atoms with Gasteiger partial charge in [0.2, 0.25) is 0 Å². The molecule has 5 heteroatoms. The zero-order valence-electron chi connectivity index (χ0n) is 11.0. The average Bonchev–Trinajstić information content (AvgIpc) is 2.50. The van der Waals surface area contributed by atoms with E-state index in [0.29, 0.717) is 16.8 Å². The molecular weight excluding hydrogens is 335 g/mol. The van der Waals surface area contributed by atoms with Gasteiger partial charge in [0.15, 0.2) is 0 Å². The predicted molar refractivity (Wildman–Crippen MR) is 82.3 cm³/mol. The average molecular weight is 347 g/mol. The topological polar surface area (TPSA) is 46.0 Å². The maximum atomic E-state index is 13.7. The van der Waals surface area contributed by atoms with E-state index in [9.17, 15) is 9.50 Å². The maximum Gasteiger partial charge on any atom is 0.126 e. The summed E-state index contributed by atoms with van der Waals surface area (Å²) >= 11 is 3.30. The Hall–Kier alpha value is -1.85. The van der Waals surface area contributed by atoms with Crippen molar-refractivity contribution in [1.29, 1.82) is 0 Å². The van der Waals surface area contributed by atoms with Crippen molar-refractivity contribution in [3.63, 3.8) is 0 Å². The summed E-state index contributed by atoms with van der Waals surface area (Å²) in [5.74, 6) is -0.342. The van der Waals surface area contributed by atoms with Gasteiger partial charge in [0.05, 0.1) is 22.9 Å². The van der Waals surface area contributed by atoms with Crippen LogP contribution in [0.25, 0.3) is 11.0 Å². The van der Waals surface area contributed by atoms with Crippen molar-refractivity contribution < 1.29 is 9.50 Å². The quantitative estimate of drug-likeness (QED) is 0.784. The third kappa shape index (κ3) is 3.09. The number of hydrogen-bond donors (Lipinski definition) is 1. The van der Waals surface area contributed by atoms with Crippen LogP contribution < -0.4 is 0 Å². The number of hydrogen-bond acceptors (Lipinski definition) is 3. The van der Waals surface area contributed by atoms with E-state index in [1.807, 2.05) is 24.3 Å². The highest BCUT2D eigenvalue weighted by molar-refractivity contribution is 9.10. The number of halogens is 2. The number of nitrogens with zero attached hydrogens (tertiary/aromatic N) is 2. The van der Waals surface area contributed by atoms with Crippen LogP contribution in [0, 0.1) is 5.82 Å². The smallest absolute Gasteiger partial charge is 0.126 e. The maximum absolute atomic E-state index is 13.7. The second-order valence-electron chi connectivity index (χ2n) is 4.74. The minimum absolute atomic E-state index is 0.151. The van der Waals surface area contributed by atoms with Crippen LogP contribution in [-0.2, 0) is 6.42 Å². The highest BCUT2D eigenvalue weighted by Gasteiger charge is 2.14. The molecule has 1 N–H and O–H groups in total. The SMILES string of the molecule is OC(Cc1cc(Br)ccc1F)c1cnc2ccccc2n1. The minimum atomic E-state index is -0.897. The molecule has 0 bridgehead atoms. The van der Waals surface area contributed by atoms with Crippen LogP contribution in [0.15, 0.2) is 53.1 Å². The summed E-state index contributed by atoms with van der Waals surface area (Å²) in [5.41, 5.74) is 2.35. The monoisotopic (exact) mass is 346 g/mol. The fourth-order valence-corrected chi connectivity index (χ4v) is 2.55. The molecule has 0 spiro atoms. The molecule has 0 aliphatic heterocycles. The molecule has 3 aromatic rings.